The molecule has 0 aromatic heterocycles. The molecule has 0 aliphatic carbocycles. The first-order valence-electron chi connectivity index (χ1n) is 18.5. The summed E-state index contributed by atoms with van der Waals surface area (Å²) in [5.74, 6) is 0. The van der Waals surface area contributed by atoms with Crippen molar-refractivity contribution in [3.63, 3.8) is 0 Å². The molecule has 0 aliphatic rings. The van der Waals surface area contributed by atoms with Gasteiger partial charge in [0.05, 0.1) is 21.9 Å². The van der Waals surface area contributed by atoms with Gasteiger partial charge >= 0.3 is 0 Å². The first-order valence-corrected chi connectivity index (χ1v) is 10.5. The van der Waals surface area contributed by atoms with Crippen molar-refractivity contribution >= 4 is 43.1 Å². The van der Waals surface area contributed by atoms with Gasteiger partial charge in [0.2, 0.25) is 0 Å². The van der Waals surface area contributed by atoms with Crippen molar-refractivity contribution < 1.29 is 21.9 Å². The van der Waals surface area contributed by atoms with E-state index in [-0.39, 0.29) is 54.6 Å². The molecule has 0 radical (unpaired) electrons. The van der Waals surface area contributed by atoms with Crippen LogP contribution >= 0.6 is 0 Å². The second kappa shape index (κ2) is 7.57. The molecule has 7 aromatic carbocycles. The molecule has 0 amide bonds. The molecule has 0 N–H and O–H groups in total. The lowest BCUT2D eigenvalue weighted by Crippen LogP contribution is -1.91. The topological polar surface area (TPSA) is 0 Å². The third kappa shape index (κ3) is 2.93. The molecule has 0 fully saturated rings. The van der Waals surface area contributed by atoms with Gasteiger partial charge in [-0.25, -0.2) is 0 Å². The summed E-state index contributed by atoms with van der Waals surface area (Å²) in [6.07, 6.45) is 0. The number of fused-ring (bicyclic) bond motifs is 4. The highest BCUT2D eigenvalue weighted by Gasteiger charge is 2.17. The highest BCUT2D eigenvalue weighted by atomic mass is 14.2. The zero-order valence-corrected chi connectivity index (χ0v) is 17.5. The van der Waals surface area contributed by atoms with E-state index in [1.165, 1.54) is 6.07 Å². The van der Waals surface area contributed by atoms with Crippen LogP contribution in [0.3, 0.4) is 0 Å². The van der Waals surface area contributed by atoms with E-state index in [2.05, 4.69) is 0 Å². The van der Waals surface area contributed by atoms with Gasteiger partial charge in [-0.15, -0.1) is 0 Å². The number of hydrogen-bond acceptors (Lipinski definition) is 0. The van der Waals surface area contributed by atoms with Gasteiger partial charge in [0.1, 0.15) is 0 Å². The van der Waals surface area contributed by atoms with Gasteiger partial charge in [0.25, 0.3) is 0 Å². The fraction of sp³-hybridized carbons (Fsp3) is 0. The molecule has 0 bridgehead atoms. The van der Waals surface area contributed by atoms with E-state index in [9.17, 15) is 2.74 Å². The molecular weight excluding hydrogens is 408 g/mol. The van der Waals surface area contributed by atoms with E-state index in [1.807, 2.05) is 0 Å². The first-order chi connectivity index (χ1) is 23.5. The molecule has 0 heteroatoms. The Hall–Kier alpha value is -4.42. The van der Waals surface area contributed by atoms with Gasteiger partial charge in [-0.3, -0.25) is 0 Å². The van der Waals surface area contributed by atoms with E-state index in [0.717, 1.165) is 0 Å². The Morgan fingerprint density at radius 2 is 1.06 bits per heavy atom. The van der Waals surface area contributed by atoms with Crippen molar-refractivity contribution in [1.29, 1.82) is 0 Å². The minimum Gasteiger partial charge on any atom is -0.0616 e. The summed E-state index contributed by atoms with van der Waals surface area (Å²) in [5, 5.41) is -0.781. The van der Waals surface area contributed by atoms with Crippen LogP contribution in [0.25, 0.3) is 65.3 Å². The van der Waals surface area contributed by atoms with Crippen LogP contribution in [0, 0.1) is 0 Å². The van der Waals surface area contributed by atoms with Crippen molar-refractivity contribution in [3.05, 3.63) is 133 Å². The van der Waals surface area contributed by atoms with Crippen LogP contribution in [0.5, 0.6) is 0 Å². The SMILES string of the molecule is [2H]c1c([2H])c([2H])c2c([2H])c(-c3c(-c4c5c([2H])c([2H])c([2H])c([2H])c5c([2H])c5c([2H])c([2H])c([2H])c([2H])c45)ccc4ccccc34)c([2H])c([2H])c2c1[2H]. The smallest absolute Gasteiger partial charge is 0.0616 e. The highest BCUT2D eigenvalue weighted by molar-refractivity contribution is 6.17. The molecule has 0 unspecified atom stereocenters. The van der Waals surface area contributed by atoms with Crippen molar-refractivity contribution in [3.8, 4) is 22.3 Å². The quantitative estimate of drug-likeness (QED) is 0.232. The zero-order valence-electron chi connectivity index (χ0n) is 33.5. The lowest BCUT2D eigenvalue weighted by molar-refractivity contribution is 1.66. The second-order valence-electron chi connectivity index (χ2n) is 7.71. The summed E-state index contributed by atoms with van der Waals surface area (Å²) >= 11 is 0. The van der Waals surface area contributed by atoms with Crippen LogP contribution in [-0.4, -0.2) is 0 Å². The van der Waals surface area contributed by atoms with Crippen molar-refractivity contribution in [2.24, 2.45) is 0 Å². The Morgan fingerprint density at radius 3 is 1.82 bits per heavy atom. The van der Waals surface area contributed by atoms with Gasteiger partial charge < -0.3 is 0 Å². The van der Waals surface area contributed by atoms with E-state index in [1.54, 1.807) is 30.3 Å². The van der Waals surface area contributed by atoms with Crippen molar-refractivity contribution in [2.75, 3.05) is 0 Å². The van der Waals surface area contributed by atoms with Gasteiger partial charge in [-0.1, -0.05) is 121 Å². The van der Waals surface area contributed by atoms with Gasteiger partial charge in [-0.2, -0.15) is 0 Å². The first kappa shape index (κ1) is 9.08. The summed E-state index contributed by atoms with van der Waals surface area (Å²) in [5.41, 5.74) is -0.250. The third-order valence-corrected chi connectivity index (χ3v) is 5.82. The molecule has 0 saturated heterocycles. The van der Waals surface area contributed by atoms with E-state index in [4.69, 9.17) is 19.2 Å². The molecule has 0 spiro atoms. The third-order valence-electron chi connectivity index (χ3n) is 5.82. The van der Waals surface area contributed by atoms with Gasteiger partial charge in [-0.05, 0) is 77.4 Å². The van der Waals surface area contributed by atoms with Crippen LogP contribution in [0.1, 0.15) is 21.9 Å². The van der Waals surface area contributed by atoms with Gasteiger partial charge in [0.15, 0.2) is 0 Å². The van der Waals surface area contributed by atoms with E-state index in [0.29, 0.717) is 10.8 Å². The average Bonchev–Trinajstić information content (AvgIpc) is 3.10. The zero-order chi connectivity index (χ0) is 36.4. The van der Waals surface area contributed by atoms with Crippen LogP contribution in [0.4, 0.5) is 0 Å². The largest absolute Gasteiger partial charge is 0.0636 e. The fourth-order valence-electron chi connectivity index (χ4n) is 4.36. The maximum atomic E-state index is 9.37. The normalized spacial score (nSPS) is 18.1. The van der Waals surface area contributed by atoms with Crippen LogP contribution in [-0.2, 0) is 0 Å². The van der Waals surface area contributed by atoms with Crippen molar-refractivity contribution in [2.45, 2.75) is 0 Å². The second-order valence-corrected chi connectivity index (χ2v) is 7.71. The minimum absolute atomic E-state index is 0.0512. The number of hydrogen-bond donors (Lipinski definition) is 0. The molecule has 34 heavy (non-hydrogen) atoms. The predicted octanol–water partition coefficient (Wildman–Crippen LogP) is 9.63. The number of rotatable bonds is 2. The molecule has 0 nitrogen and oxygen atoms in total. The Kier molecular flexibility index (Phi) is 2.02. The van der Waals surface area contributed by atoms with Crippen LogP contribution in [0.15, 0.2) is 133 Å². The molecule has 0 atom stereocenters. The molecule has 0 heterocycles. The molecule has 7 rings (SSSR count). The summed E-state index contributed by atoms with van der Waals surface area (Å²) < 4.78 is 139. The lowest BCUT2D eigenvalue weighted by Gasteiger charge is -2.18. The molecular formula is C34H22. The predicted molar refractivity (Wildman–Crippen MR) is 147 cm³/mol. The van der Waals surface area contributed by atoms with E-state index >= 15 is 0 Å². The summed E-state index contributed by atoms with van der Waals surface area (Å²) in [4.78, 5) is 0. The Bertz CT molecular complexity index is 2640. The van der Waals surface area contributed by atoms with Crippen molar-refractivity contribution in [1.82, 2.24) is 0 Å². The summed E-state index contributed by atoms with van der Waals surface area (Å²) in [6.45, 7) is 0. The molecule has 7 aromatic rings. The monoisotopic (exact) mass is 446 g/mol. The maximum absolute atomic E-state index is 9.37. The van der Waals surface area contributed by atoms with Gasteiger partial charge in [0, 0.05) is 0 Å². The number of benzene rings is 7. The Morgan fingerprint density at radius 1 is 0.412 bits per heavy atom. The fourth-order valence-corrected chi connectivity index (χ4v) is 4.36. The molecule has 0 saturated carbocycles. The summed E-state index contributed by atoms with van der Waals surface area (Å²) in [7, 11) is 0. The average molecular weight is 447 g/mol. The highest BCUT2D eigenvalue weighted by Crippen LogP contribution is 2.44. The van der Waals surface area contributed by atoms with Crippen LogP contribution < -0.4 is 0 Å². The standard InChI is InChI=1S/C34H22/c1-2-11-25-21-28(18-17-23(25)9-1)33-29-14-6-3-10-24(29)19-20-32(33)34-30-15-7-4-12-26(30)22-27-13-5-8-16-31(27)34/h1-22H/i1D,2D,4D,5D,7D,8D,9D,11D,12D,13D,15D,16D,17D,18D,21D,22D. The lowest BCUT2D eigenvalue weighted by atomic mass is 9.85. The maximum Gasteiger partial charge on any atom is 0.0636 e. The van der Waals surface area contributed by atoms with E-state index < -0.39 is 96.7 Å². The minimum atomic E-state index is -0.664. The molecule has 158 valence electrons. The molecule has 0 aliphatic heterocycles. The summed E-state index contributed by atoms with van der Waals surface area (Å²) in [6, 6.07) is 0.205. The van der Waals surface area contributed by atoms with Crippen LogP contribution in [0.2, 0.25) is 0 Å². The Labute approximate surface area is 221 Å². The Balaban J connectivity index is 1.85.